The summed E-state index contributed by atoms with van der Waals surface area (Å²) in [5.74, 6) is 1.36. The van der Waals surface area contributed by atoms with E-state index in [0.29, 0.717) is 30.5 Å². The van der Waals surface area contributed by atoms with Gasteiger partial charge in [0.05, 0.1) is 6.10 Å². The van der Waals surface area contributed by atoms with Crippen molar-refractivity contribution in [2.24, 2.45) is 5.73 Å². The highest BCUT2D eigenvalue weighted by molar-refractivity contribution is 4.85. The summed E-state index contributed by atoms with van der Waals surface area (Å²) in [6, 6.07) is 0.358. The van der Waals surface area contributed by atoms with E-state index in [1.54, 1.807) is 0 Å². The van der Waals surface area contributed by atoms with Gasteiger partial charge in [0.2, 0.25) is 5.89 Å². The summed E-state index contributed by atoms with van der Waals surface area (Å²) in [5, 5.41) is 3.90. The first-order chi connectivity index (χ1) is 8.28. The average molecular weight is 239 g/mol. The van der Waals surface area contributed by atoms with Gasteiger partial charge in [-0.3, -0.25) is 0 Å². The summed E-state index contributed by atoms with van der Waals surface area (Å²) in [6.45, 7) is 2.54. The minimum atomic E-state index is 0.308. The molecule has 0 aromatic carbocycles. The van der Waals surface area contributed by atoms with Crippen LogP contribution in [0.1, 0.15) is 50.7 Å². The number of hydrogen-bond acceptors (Lipinski definition) is 5. The minimum Gasteiger partial charge on any atom is -0.370 e. The molecule has 2 N–H and O–H groups in total. The fourth-order valence-corrected chi connectivity index (χ4v) is 2.11. The molecular weight excluding hydrogens is 218 g/mol. The van der Waals surface area contributed by atoms with Crippen LogP contribution in [0, 0.1) is 0 Å². The van der Waals surface area contributed by atoms with Crippen molar-refractivity contribution in [1.29, 1.82) is 0 Å². The fourth-order valence-electron chi connectivity index (χ4n) is 2.11. The number of nitrogens with two attached hydrogens (primary N) is 1. The lowest BCUT2D eigenvalue weighted by Gasteiger charge is -2.25. The number of aromatic nitrogens is 2. The predicted molar refractivity (Wildman–Crippen MR) is 63.3 cm³/mol. The molecule has 1 saturated carbocycles. The number of nitrogens with zero attached hydrogens (tertiary/aromatic N) is 2. The topological polar surface area (TPSA) is 74.2 Å². The zero-order chi connectivity index (χ0) is 12.1. The second kappa shape index (κ2) is 6.12. The van der Waals surface area contributed by atoms with E-state index in [1.165, 1.54) is 0 Å². The summed E-state index contributed by atoms with van der Waals surface area (Å²) in [4.78, 5) is 4.27. The van der Waals surface area contributed by atoms with Gasteiger partial charge in [-0.15, -0.1) is 0 Å². The smallest absolute Gasteiger partial charge is 0.226 e. The normalized spacial score (nSPS) is 25.1. The third-order valence-corrected chi connectivity index (χ3v) is 3.14. The van der Waals surface area contributed by atoms with Gasteiger partial charge in [0.1, 0.15) is 6.61 Å². The van der Waals surface area contributed by atoms with Gasteiger partial charge in [-0.1, -0.05) is 12.1 Å². The van der Waals surface area contributed by atoms with Crippen LogP contribution in [0.3, 0.4) is 0 Å². The number of ether oxygens (including phenoxy) is 1. The molecule has 17 heavy (non-hydrogen) atoms. The second-order valence-electron chi connectivity index (χ2n) is 4.70. The van der Waals surface area contributed by atoms with Crippen molar-refractivity contribution in [3.63, 3.8) is 0 Å². The zero-order valence-corrected chi connectivity index (χ0v) is 10.4. The fraction of sp³-hybridized carbons (Fsp3) is 0.833. The van der Waals surface area contributed by atoms with Crippen molar-refractivity contribution in [3.05, 3.63) is 11.7 Å². The molecule has 2 rings (SSSR count). The van der Waals surface area contributed by atoms with Crippen molar-refractivity contribution < 1.29 is 9.26 Å². The molecular formula is C12H21N3O2. The van der Waals surface area contributed by atoms with Gasteiger partial charge in [0.25, 0.3) is 0 Å². The molecule has 0 spiro atoms. The van der Waals surface area contributed by atoms with Gasteiger partial charge in [-0.2, -0.15) is 4.98 Å². The molecule has 5 nitrogen and oxygen atoms in total. The molecule has 1 heterocycles. The van der Waals surface area contributed by atoms with Crippen LogP contribution in [0.5, 0.6) is 0 Å². The molecule has 1 aromatic rings. The van der Waals surface area contributed by atoms with Gasteiger partial charge in [0.15, 0.2) is 5.82 Å². The molecule has 0 unspecified atom stereocenters. The van der Waals surface area contributed by atoms with E-state index in [0.717, 1.165) is 38.5 Å². The van der Waals surface area contributed by atoms with Crippen molar-refractivity contribution in [2.75, 3.05) is 0 Å². The first kappa shape index (κ1) is 12.5. The lowest BCUT2D eigenvalue weighted by molar-refractivity contribution is 0.00981. The van der Waals surface area contributed by atoms with Gasteiger partial charge >= 0.3 is 0 Å². The highest BCUT2D eigenvalue weighted by Crippen LogP contribution is 2.20. The molecule has 0 radical (unpaired) electrons. The third kappa shape index (κ3) is 3.78. The number of hydrogen-bond donors (Lipinski definition) is 1. The molecule has 1 fully saturated rings. The van der Waals surface area contributed by atoms with E-state index in [4.69, 9.17) is 15.0 Å². The van der Waals surface area contributed by atoms with Crippen molar-refractivity contribution in [2.45, 2.75) is 64.2 Å². The molecule has 5 heteroatoms. The first-order valence-electron chi connectivity index (χ1n) is 6.46. The van der Waals surface area contributed by atoms with Crippen LogP contribution in [0.2, 0.25) is 0 Å². The van der Waals surface area contributed by atoms with Crippen LogP contribution >= 0.6 is 0 Å². The first-order valence-corrected chi connectivity index (χ1v) is 6.46. The Morgan fingerprint density at radius 3 is 2.82 bits per heavy atom. The molecule has 0 atom stereocenters. The van der Waals surface area contributed by atoms with E-state index in [2.05, 4.69) is 17.1 Å². The van der Waals surface area contributed by atoms with Crippen LogP contribution in [-0.2, 0) is 17.8 Å². The minimum absolute atomic E-state index is 0.308. The molecule has 0 saturated heterocycles. The van der Waals surface area contributed by atoms with Gasteiger partial charge in [-0.05, 0) is 32.1 Å². The Kier molecular flexibility index (Phi) is 4.50. The van der Waals surface area contributed by atoms with Crippen molar-refractivity contribution in [3.8, 4) is 0 Å². The van der Waals surface area contributed by atoms with E-state index in [-0.39, 0.29) is 0 Å². The molecule has 0 amide bonds. The Bertz CT molecular complexity index is 332. The Hall–Kier alpha value is -0.940. The average Bonchev–Trinajstić information content (AvgIpc) is 2.77. The lowest BCUT2D eigenvalue weighted by Crippen LogP contribution is -2.30. The van der Waals surface area contributed by atoms with Gasteiger partial charge < -0.3 is 15.0 Å². The van der Waals surface area contributed by atoms with Crippen LogP contribution in [0.4, 0.5) is 0 Å². The maximum absolute atomic E-state index is 5.85. The standard InChI is InChI=1S/C12H21N3O2/c1-2-3-12-14-11(15-17-12)8-16-10-6-4-9(13)5-7-10/h9-10H,2-8,13H2,1H3. The van der Waals surface area contributed by atoms with Crippen LogP contribution in [-0.4, -0.2) is 22.3 Å². The lowest BCUT2D eigenvalue weighted by atomic mass is 9.94. The monoisotopic (exact) mass is 239 g/mol. The highest BCUT2D eigenvalue weighted by Gasteiger charge is 2.19. The van der Waals surface area contributed by atoms with Crippen LogP contribution in [0.15, 0.2) is 4.52 Å². The number of rotatable bonds is 5. The van der Waals surface area contributed by atoms with Gasteiger partial charge in [0, 0.05) is 12.5 Å². The Morgan fingerprint density at radius 2 is 2.12 bits per heavy atom. The highest BCUT2D eigenvalue weighted by atomic mass is 16.5. The quantitative estimate of drug-likeness (QED) is 0.848. The molecule has 0 aliphatic heterocycles. The molecule has 1 aliphatic rings. The molecule has 1 aliphatic carbocycles. The SMILES string of the molecule is CCCc1nc(COC2CCC(N)CC2)no1. The Morgan fingerprint density at radius 1 is 1.35 bits per heavy atom. The van der Waals surface area contributed by atoms with E-state index >= 15 is 0 Å². The molecule has 1 aromatic heterocycles. The van der Waals surface area contributed by atoms with E-state index in [1.807, 2.05) is 0 Å². The van der Waals surface area contributed by atoms with E-state index < -0.39 is 0 Å². The van der Waals surface area contributed by atoms with Crippen molar-refractivity contribution in [1.82, 2.24) is 10.1 Å². The maximum atomic E-state index is 5.85. The predicted octanol–water partition coefficient (Wildman–Crippen LogP) is 1.81. The van der Waals surface area contributed by atoms with Crippen LogP contribution in [0.25, 0.3) is 0 Å². The number of aryl methyl sites for hydroxylation is 1. The summed E-state index contributed by atoms with van der Waals surface area (Å²) in [5.41, 5.74) is 5.85. The van der Waals surface area contributed by atoms with E-state index in [9.17, 15) is 0 Å². The second-order valence-corrected chi connectivity index (χ2v) is 4.70. The summed E-state index contributed by atoms with van der Waals surface area (Å²) < 4.78 is 10.9. The zero-order valence-electron chi connectivity index (χ0n) is 10.4. The third-order valence-electron chi connectivity index (χ3n) is 3.14. The van der Waals surface area contributed by atoms with Crippen molar-refractivity contribution >= 4 is 0 Å². The summed E-state index contributed by atoms with van der Waals surface area (Å²) in [6.07, 6.45) is 6.36. The van der Waals surface area contributed by atoms with Gasteiger partial charge in [-0.25, -0.2) is 0 Å². The maximum Gasteiger partial charge on any atom is 0.226 e. The summed E-state index contributed by atoms with van der Waals surface area (Å²) >= 11 is 0. The molecule has 0 bridgehead atoms. The Balaban J connectivity index is 1.73. The summed E-state index contributed by atoms with van der Waals surface area (Å²) in [7, 11) is 0. The Labute approximate surface area is 102 Å². The molecule has 96 valence electrons. The largest absolute Gasteiger partial charge is 0.370 e. The van der Waals surface area contributed by atoms with Crippen LogP contribution < -0.4 is 5.73 Å².